The molecule has 0 atom stereocenters. The molecule has 0 spiro atoms. The molecule has 204 valence electrons. The second kappa shape index (κ2) is 8.96. The van der Waals surface area contributed by atoms with Crippen LogP contribution in [-0.2, 0) is 0 Å². The lowest BCUT2D eigenvalue weighted by molar-refractivity contribution is 1.08. The largest absolute Gasteiger partial charge is 0.290 e. The highest BCUT2D eigenvalue weighted by molar-refractivity contribution is 7.27. The lowest BCUT2D eigenvalue weighted by Gasteiger charge is -2.15. The van der Waals surface area contributed by atoms with E-state index in [1.54, 1.807) is 0 Å². The van der Waals surface area contributed by atoms with Crippen LogP contribution in [0.3, 0.4) is 0 Å². The van der Waals surface area contributed by atoms with Gasteiger partial charge in [0.25, 0.3) is 0 Å². The maximum Gasteiger partial charge on any atom is 0.165 e. The third-order valence-corrected chi connectivity index (χ3v) is 10.1. The molecule has 3 nitrogen and oxygen atoms in total. The average Bonchev–Trinajstić information content (AvgIpc) is 3.64. The Morgan fingerprint density at radius 3 is 1.86 bits per heavy atom. The summed E-state index contributed by atoms with van der Waals surface area (Å²) in [6.07, 6.45) is 0. The number of hydrogen-bond donors (Lipinski definition) is 0. The van der Waals surface area contributed by atoms with Gasteiger partial charge in [-0.3, -0.25) is 4.57 Å². The second-order valence-corrected chi connectivity index (χ2v) is 12.4. The first-order valence-electron chi connectivity index (χ1n) is 14.8. The minimum absolute atomic E-state index is 0.846. The van der Waals surface area contributed by atoms with E-state index in [-0.39, 0.29) is 0 Å². The van der Waals surface area contributed by atoms with Gasteiger partial charge in [-0.05, 0) is 45.8 Å². The highest BCUT2D eigenvalue weighted by Crippen LogP contribution is 2.48. The first-order chi connectivity index (χ1) is 21.8. The molecule has 0 amide bonds. The first-order valence-corrected chi connectivity index (χ1v) is 15.7. The van der Waals surface area contributed by atoms with Crippen molar-refractivity contribution in [1.29, 1.82) is 0 Å². The van der Waals surface area contributed by atoms with E-state index < -0.39 is 0 Å². The molecule has 10 aromatic rings. The lowest BCUT2D eigenvalue weighted by Crippen LogP contribution is -2.04. The van der Waals surface area contributed by atoms with Crippen molar-refractivity contribution in [2.45, 2.75) is 0 Å². The molecule has 0 aliphatic heterocycles. The van der Waals surface area contributed by atoms with Gasteiger partial charge in [0, 0.05) is 31.8 Å². The van der Waals surface area contributed by atoms with E-state index in [2.05, 4.69) is 144 Å². The predicted molar refractivity (Wildman–Crippen MR) is 187 cm³/mol. The Kier molecular flexibility index (Phi) is 4.87. The lowest BCUT2D eigenvalue weighted by atomic mass is 9.99. The van der Waals surface area contributed by atoms with Crippen molar-refractivity contribution < 1.29 is 0 Å². The topological polar surface area (TPSA) is 30.7 Å². The number of aromatic nitrogens is 3. The summed E-state index contributed by atoms with van der Waals surface area (Å²) >= 11 is 1.87. The number of fused-ring (bicyclic) bond motifs is 12. The van der Waals surface area contributed by atoms with E-state index in [0.717, 1.165) is 44.4 Å². The third kappa shape index (κ3) is 3.26. The van der Waals surface area contributed by atoms with E-state index >= 15 is 0 Å². The normalized spacial score (nSPS) is 12.1. The van der Waals surface area contributed by atoms with Gasteiger partial charge in [0.2, 0.25) is 0 Å². The van der Waals surface area contributed by atoms with Crippen LogP contribution in [0.5, 0.6) is 0 Å². The van der Waals surface area contributed by atoms with Crippen LogP contribution in [0.2, 0.25) is 0 Å². The Hall–Kier alpha value is -5.58. The van der Waals surface area contributed by atoms with E-state index in [1.165, 1.54) is 47.2 Å². The third-order valence-electron chi connectivity index (χ3n) is 8.92. The van der Waals surface area contributed by atoms with Crippen LogP contribution >= 0.6 is 11.3 Å². The fraction of sp³-hybridized carbons (Fsp3) is 0. The summed E-state index contributed by atoms with van der Waals surface area (Å²) in [6, 6.07) is 49.7. The van der Waals surface area contributed by atoms with E-state index in [9.17, 15) is 0 Å². The van der Waals surface area contributed by atoms with Crippen molar-refractivity contribution in [3.63, 3.8) is 0 Å². The summed E-state index contributed by atoms with van der Waals surface area (Å²) in [7, 11) is 0. The molecule has 44 heavy (non-hydrogen) atoms. The van der Waals surface area contributed by atoms with Crippen molar-refractivity contribution in [2.75, 3.05) is 0 Å². The van der Waals surface area contributed by atoms with Crippen LogP contribution in [0.15, 0.2) is 140 Å². The summed E-state index contributed by atoms with van der Waals surface area (Å²) in [5, 5.41) is 9.95. The molecular weight excluding hydrogens is 555 g/mol. The summed E-state index contributed by atoms with van der Waals surface area (Å²) in [5.41, 5.74) is 6.02. The fourth-order valence-corrected chi connectivity index (χ4v) is 8.28. The van der Waals surface area contributed by atoms with E-state index in [1.807, 2.05) is 11.3 Å². The van der Waals surface area contributed by atoms with Crippen molar-refractivity contribution in [2.24, 2.45) is 0 Å². The number of nitrogens with zero attached hydrogens (tertiary/aromatic N) is 3. The monoisotopic (exact) mass is 577 g/mol. The maximum absolute atomic E-state index is 5.49. The molecule has 0 radical (unpaired) electrons. The molecule has 0 saturated carbocycles. The molecule has 0 unspecified atom stereocenters. The van der Waals surface area contributed by atoms with Gasteiger partial charge in [-0.15, -0.1) is 11.3 Å². The molecule has 0 N–H and O–H groups in total. The van der Waals surface area contributed by atoms with Crippen LogP contribution in [0, 0.1) is 0 Å². The van der Waals surface area contributed by atoms with Gasteiger partial charge in [0.05, 0.1) is 26.8 Å². The van der Waals surface area contributed by atoms with Crippen LogP contribution in [0.1, 0.15) is 0 Å². The summed E-state index contributed by atoms with van der Waals surface area (Å²) in [5.74, 6) is 0.846. The van der Waals surface area contributed by atoms with Gasteiger partial charge in [-0.25, -0.2) is 9.97 Å². The van der Waals surface area contributed by atoms with Crippen molar-refractivity contribution in [3.8, 4) is 17.1 Å². The molecule has 0 fully saturated rings. The maximum atomic E-state index is 5.49. The smallest absolute Gasteiger partial charge is 0.165 e. The minimum atomic E-state index is 0.846. The Labute approximate surface area is 256 Å². The zero-order valence-corrected chi connectivity index (χ0v) is 24.3. The highest BCUT2D eigenvalue weighted by atomic mass is 32.1. The molecule has 0 bridgehead atoms. The van der Waals surface area contributed by atoms with Gasteiger partial charge in [-0.2, -0.15) is 0 Å². The first kappa shape index (κ1) is 23.9. The fourth-order valence-electron chi connectivity index (χ4n) is 7.02. The molecule has 7 aromatic carbocycles. The Morgan fingerprint density at radius 2 is 1.09 bits per heavy atom. The standard InChI is InChI=1S/C40H23N3S/c1-2-12-24(13-3-1)37-40(42-32-23-26-15-5-4-14-25(26)22-31(32)41-37)43-33-20-10-8-18-29(33)35-27-16-6-7-17-28(27)36-30-19-9-11-21-34(30)44-39(36)38(35)43/h1-23H. The minimum Gasteiger partial charge on any atom is -0.290 e. The van der Waals surface area contributed by atoms with Crippen LogP contribution in [0.4, 0.5) is 0 Å². The Balaban J connectivity index is 1.47. The number of benzene rings is 7. The van der Waals surface area contributed by atoms with Gasteiger partial charge in [0.1, 0.15) is 5.69 Å². The summed E-state index contributed by atoms with van der Waals surface area (Å²) < 4.78 is 4.95. The van der Waals surface area contributed by atoms with Gasteiger partial charge >= 0.3 is 0 Å². The van der Waals surface area contributed by atoms with E-state index in [4.69, 9.17) is 9.97 Å². The molecule has 4 heteroatoms. The molecule has 0 aliphatic rings. The average molecular weight is 578 g/mol. The quantitative estimate of drug-likeness (QED) is 0.191. The predicted octanol–water partition coefficient (Wildman–Crippen LogP) is 11.1. The van der Waals surface area contributed by atoms with E-state index in [0.29, 0.717) is 0 Å². The van der Waals surface area contributed by atoms with Crippen LogP contribution in [0.25, 0.3) is 91.6 Å². The number of rotatable bonds is 2. The Morgan fingerprint density at radius 1 is 0.500 bits per heavy atom. The second-order valence-electron chi connectivity index (χ2n) is 11.4. The molecule has 3 heterocycles. The van der Waals surface area contributed by atoms with Crippen LogP contribution in [-0.4, -0.2) is 14.5 Å². The van der Waals surface area contributed by atoms with Gasteiger partial charge in [-0.1, -0.05) is 115 Å². The molecule has 0 aliphatic carbocycles. The molecule has 0 saturated heterocycles. The van der Waals surface area contributed by atoms with Gasteiger partial charge < -0.3 is 0 Å². The molecular formula is C40H23N3S. The summed E-state index contributed by atoms with van der Waals surface area (Å²) in [6.45, 7) is 0. The zero-order valence-electron chi connectivity index (χ0n) is 23.5. The highest BCUT2D eigenvalue weighted by Gasteiger charge is 2.24. The van der Waals surface area contributed by atoms with Crippen molar-refractivity contribution in [1.82, 2.24) is 14.5 Å². The Bertz CT molecular complexity index is 2770. The van der Waals surface area contributed by atoms with Crippen molar-refractivity contribution >= 4 is 85.9 Å². The number of hydrogen-bond acceptors (Lipinski definition) is 3. The van der Waals surface area contributed by atoms with Crippen molar-refractivity contribution in [3.05, 3.63) is 140 Å². The number of thiophene rings is 1. The zero-order chi connectivity index (χ0) is 28.8. The molecule has 3 aromatic heterocycles. The summed E-state index contributed by atoms with van der Waals surface area (Å²) in [4.78, 5) is 10.9. The SMILES string of the molecule is c1ccc(-c2nc3cc4ccccc4cc3nc2-n2c3ccccc3c3c4ccccc4c4c5ccccc5sc4c32)cc1. The van der Waals surface area contributed by atoms with Gasteiger partial charge in [0.15, 0.2) is 5.82 Å². The van der Waals surface area contributed by atoms with Crippen LogP contribution < -0.4 is 0 Å². The molecule has 10 rings (SSSR count). The number of para-hydroxylation sites is 1.